The number of nitrogens with zero attached hydrogens (tertiary/aromatic N) is 3. The van der Waals surface area contributed by atoms with E-state index in [1.165, 1.54) is 37.7 Å². The Morgan fingerprint density at radius 1 is 0.966 bits per heavy atom. The third-order valence-corrected chi connectivity index (χ3v) is 5.50. The summed E-state index contributed by atoms with van der Waals surface area (Å²) in [5, 5.41) is 19.0. The maximum absolute atomic E-state index is 10.3. The molecule has 0 amide bonds. The van der Waals surface area contributed by atoms with Crippen LogP contribution in [0.1, 0.15) is 43.2 Å². The number of phenolic OH excluding ortho intramolecular Hbond substituents is 1. The zero-order chi connectivity index (χ0) is 20.7. The van der Waals surface area contributed by atoms with Gasteiger partial charge in [0.25, 0.3) is 0 Å². The zero-order valence-electron chi connectivity index (χ0n) is 18.0. The highest BCUT2D eigenvalue weighted by molar-refractivity contribution is 5.47. The smallest absolute Gasteiger partial charge is 0.182 e. The number of ether oxygens (including phenoxy) is 1. The fourth-order valence-electron chi connectivity index (χ4n) is 3.81. The monoisotopic (exact) mass is 396 g/mol. The number of hydrogen-bond acceptors (Lipinski definition) is 4. The molecule has 0 atom stereocenters. The van der Waals surface area contributed by atoms with Crippen molar-refractivity contribution in [2.45, 2.75) is 45.6 Å². The van der Waals surface area contributed by atoms with Gasteiger partial charge < -0.3 is 14.3 Å². The first-order valence-electron chi connectivity index (χ1n) is 10.6. The quantitative estimate of drug-likeness (QED) is 0.326. The average Bonchev–Trinajstić information content (AvgIpc) is 2.70. The Labute approximate surface area is 174 Å². The molecule has 156 valence electrons. The molecule has 3 rings (SSSR count). The normalized spacial score (nSPS) is 15.8. The molecule has 29 heavy (non-hydrogen) atoms. The van der Waals surface area contributed by atoms with Crippen LogP contribution in [-0.4, -0.2) is 37.0 Å². The second-order valence-corrected chi connectivity index (χ2v) is 8.95. The highest BCUT2D eigenvalue weighted by Gasteiger charge is 2.20. The number of aromatic hydroxyl groups is 1. The molecule has 0 aliphatic heterocycles. The Kier molecular flexibility index (Phi) is 7.40. The van der Waals surface area contributed by atoms with E-state index in [2.05, 4.69) is 24.3 Å². The number of quaternary nitrogens is 1. The van der Waals surface area contributed by atoms with Gasteiger partial charge >= 0.3 is 0 Å². The SMILES string of the molecule is Cc1ccc(N=Nc2ccc(O)c(C[N+](C)(C)COCC3CCCCC3)c2)cc1. The number of azo groups is 1. The van der Waals surface area contributed by atoms with Crippen molar-refractivity contribution >= 4 is 11.4 Å². The first-order valence-corrected chi connectivity index (χ1v) is 10.6. The van der Waals surface area contributed by atoms with Gasteiger partial charge in [-0.3, -0.25) is 0 Å². The van der Waals surface area contributed by atoms with Gasteiger partial charge in [0.15, 0.2) is 6.73 Å². The van der Waals surface area contributed by atoms with E-state index in [4.69, 9.17) is 4.74 Å². The van der Waals surface area contributed by atoms with Crippen LogP contribution in [0.5, 0.6) is 5.75 Å². The van der Waals surface area contributed by atoms with Crippen molar-refractivity contribution in [3.05, 3.63) is 53.6 Å². The van der Waals surface area contributed by atoms with E-state index < -0.39 is 0 Å². The first-order chi connectivity index (χ1) is 13.9. The predicted octanol–water partition coefficient (Wildman–Crippen LogP) is 6.25. The molecule has 1 aliphatic rings. The predicted molar refractivity (Wildman–Crippen MR) is 117 cm³/mol. The second-order valence-electron chi connectivity index (χ2n) is 8.95. The van der Waals surface area contributed by atoms with Crippen LogP contribution in [0.15, 0.2) is 52.7 Å². The fourth-order valence-corrected chi connectivity index (χ4v) is 3.81. The van der Waals surface area contributed by atoms with Crippen LogP contribution in [0.25, 0.3) is 0 Å². The van der Waals surface area contributed by atoms with Crippen molar-refractivity contribution in [2.75, 3.05) is 27.4 Å². The molecule has 2 aromatic rings. The van der Waals surface area contributed by atoms with E-state index in [0.29, 0.717) is 23.7 Å². The molecule has 1 fully saturated rings. The van der Waals surface area contributed by atoms with Crippen molar-refractivity contribution in [3.8, 4) is 5.75 Å². The van der Waals surface area contributed by atoms with Crippen LogP contribution < -0.4 is 0 Å². The summed E-state index contributed by atoms with van der Waals surface area (Å²) in [5.41, 5.74) is 3.61. The van der Waals surface area contributed by atoms with Crippen LogP contribution in [0, 0.1) is 12.8 Å². The fraction of sp³-hybridized carbons (Fsp3) is 0.500. The van der Waals surface area contributed by atoms with Gasteiger partial charge in [0.2, 0.25) is 0 Å². The summed E-state index contributed by atoms with van der Waals surface area (Å²) >= 11 is 0. The lowest BCUT2D eigenvalue weighted by Crippen LogP contribution is -2.41. The molecule has 2 aromatic carbocycles. The molecule has 5 heteroatoms. The number of aryl methyl sites for hydroxylation is 1. The molecular formula is C24H34N3O2+. The van der Waals surface area contributed by atoms with Gasteiger partial charge in [-0.25, -0.2) is 0 Å². The average molecular weight is 397 g/mol. The van der Waals surface area contributed by atoms with Crippen molar-refractivity contribution in [2.24, 2.45) is 16.1 Å². The Bertz CT molecular complexity index is 809. The summed E-state index contributed by atoms with van der Waals surface area (Å²) in [6.45, 7) is 4.19. The highest BCUT2D eigenvalue weighted by Crippen LogP contribution is 2.28. The van der Waals surface area contributed by atoms with Crippen molar-refractivity contribution in [1.82, 2.24) is 0 Å². The van der Waals surface area contributed by atoms with Crippen molar-refractivity contribution in [3.63, 3.8) is 0 Å². The topological polar surface area (TPSA) is 54.2 Å². The molecule has 5 nitrogen and oxygen atoms in total. The van der Waals surface area contributed by atoms with Gasteiger partial charge in [-0.15, -0.1) is 0 Å². The Morgan fingerprint density at radius 2 is 1.62 bits per heavy atom. The van der Waals surface area contributed by atoms with E-state index >= 15 is 0 Å². The van der Waals surface area contributed by atoms with Crippen LogP contribution in [-0.2, 0) is 11.3 Å². The lowest BCUT2D eigenvalue weighted by Gasteiger charge is -2.31. The van der Waals surface area contributed by atoms with Gasteiger partial charge in [-0.05, 0) is 56.0 Å². The number of phenols is 1. The first kappa shape index (κ1) is 21.5. The third-order valence-electron chi connectivity index (χ3n) is 5.50. The summed E-state index contributed by atoms with van der Waals surface area (Å²) < 4.78 is 6.70. The molecule has 1 saturated carbocycles. The molecule has 0 bridgehead atoms. The van der Waals surface area contributed by atoms with Gasteiger partial charge in [0, 0.05) is 0 Å². The minimum absolute atomic E-state index is 0.290. The van der Waals surface area contributed by atoms with Gasteiger partial charge in [-0.2, -0.15) is 10.2 Å². The molecule has 1 aliphatic carbocycles. The molecule has 0 radical (unpaired) electrons. The van der Waals surface area contributed by atoms with Gasteiger partial charge in [0.1, 0.15) is 12.3 Å². The summed E-state index contributed by atoms with van der Waals surface area (Å²) in [7, 11) is 4.25. The largest absolute Gasteiger partial charge is 0.507 e. The van der Waals surface area contributed by atoms with E-state index in [9.17, 15) is 5.11 Å². The van der Waals surface area contributed by atoms with E-state index in [1.54, 1.807) is 12.1 Å². The van der Waals surface area contributed by atoms with Crippen molar-refractivity contribution < 1.29 is 14.3 Å². The molecule has 0 unspecified atom stereocenters. The van der Waals surface area contributed by atoms with Crippen molar-refractivity contribution in [1.29, 1.82) is 0 Å². The summed E-state index contributed by atoms with van der Waals surface area (Å²) in [6.07, 6.45) is 6.63. The minimum atomic E-state index is 0.290. The highest BCUT2D eigenvalue weighted by atomic mass is 16.5. The summed E-state index contributed by atoms with van der Waals surface area (Å²) in [5.74, 6) is 1.00. The number of benzene rings is 2. The number of rotatable bonds is 8. The molecule has 1 N–H and O–H groups in total. The van der Waals surface area contributed by atoms with E-state index in [-0.39, 0.29) is 5.75 Å². The van der Waals surface area contributed by atoms with Crippen LogP contribution in [0.4, 0.5) is 11.4 Å². The summed E-state index contributed by atoms with van der Waals surface area (Å²) in [6, 6.07) is 13.3. The Hall–Kier alpha value is -2.24. The van der Waals surface area contributed by atoms with Gasteiger partial charge in [-0.1, -0.05) is 37.0 Å². The van der Waals surface area contributed by atoms with Crippen LogP contribution in [0.2, 0.25) is 0 Å². The zero-order valence-corrected chi connectivity index (χ0v) is 18.0. The maximum atomic E-state index is 10.3. The molecule has 0 heterocycles. The number of hydrogen-bond donors (Lipinski definition) is 1. The van der Waals surface area contributed by atoms with Crippen LogP contribution >= 0.6 is 0 Å². The minimum Gasteiger partial charge on any atom is -0.507 e. The van der Waals surface area contributed by atoms with E-state index in [1.807, 2.05) is 37.3 Å². The summed E-state index contributed by atoms with van der Waals surface area (Å²) in [4.78, 5) is 0. The molecular weight excluding hydrogens is 362 g/mol. The lowest BCUT2D eigenvalue weighted by atomic mass is 9.90. The standard InChI is InChI=1S/C24H33N3O2/c1-19-9-11-22(12-10-19)25-26-23-13-14-24(28)21(15-23)16-27(2,3)18-29-17-20-7-5-4-6-8-20/h9-15,20H,4-8,16-18H2,1-3H3/p+1. The van der Waals surface area contributed by atoms with Crippen LogP contribution in [0.3, 0.4) is 0 Å². The molecule has 0 saturated heterocycles. The molecule has 0 aromatic heterocycles. The van der Waals surface area contributed by atoms with Gasteiger partial charge in [0.05, 0.1) is 37.6 Å². The Balaban J connectivity index is 1.58. The Morgan fingerprint density at radius 3 is 2.34 bits per heavy atom. The molecule has 0 spiro atoms. The van der Waals surface area contributed by atoms with E-state index in [0.717, 1.165) is 23.5 Å². The second kappa shape index (κ2) is 9.99. The third kappa shape index (κ3) is 6.94. The lowest BCUT2D eigenvalue weighted by molar-refractivity contribution is -0.922. The maximum Gasteiger partial charge on any atom is 0.182 e.